The number of hydrogen-bond donors (Lipinski definition) is 1. The molecule has 0 atom stereocenters. The molecule has 1 aliphatic rings. The van der Waals surface area contributed by atoms with Gasteiger partial charge in [0, 0.05) is 45.5 Å². The highest BCUT2D eigenvalue weighted by molar-refractivity contribution is 6.60. The predicted molar refractivity (Wildman–Crippen MR) is 148 cm³/mol. The quantitative estimate of drug-likeness (QED) is 0.189. The van der Waals surface area contributed by atoms with Crippen LogP contribution in [0.25, 0.3) is 0 Å². The van der Waals surface area contributed by atoms with E-state index < -0.39 is 8.80 Å². The molecule has 9 heteroatoms. The molecule has 0 bridgehead atoms. The van der Waals surface area contributed by atoms with Crippen LogP contribution in [-0.4, -0.2) is 56.8 Å². The van der Waals surface area contributed by atoms with Crippen LogP contribution in [0.4, 0.5) is 0 Å². The molecule has 0 aliphatic heterocycles. The Balaban J connectivity index is 1.32. The minimum atomic E-state index is -2.62. The van der Waals surface area contributed by atoms with Crippen LogP contribution in [0.15, 0.2) is 54.3 Å². The molecule has 1 heterocycles. The molecule has 1 aromatic carbocycles. The monoisotopic (exact) mass is 528 g/mol. The Bertz CT molecular complexity index is 944. The van der Waals surface area contributed by atoms with Gasteiger partial charge in [0.05, 0.1) is 18.5 Å². The van der Waals surface area contributed by atoms with E-state index in [2.05, 4.69) is 58.1 Å². The average Bonchev–Trinajstić information content (AvgIpc) is 3.58. The van der Waals surface area contributed by atoms with E-state index in [4.69, 9.17) is 18.0 Å². The summed E-state index contributed by atoms with van der Waals surface area (Å²) in [6.07, 6.45) is 13.3. The van der Waals surface area contributed by atoms with Crippen molar-refractivity contribution < 1.29 is 18.0 Å². The van der Waals surface area contributed by atoms with Gasteiger partial charge in [-0.05, 0) is 70.6 Å². The van der Waals surface area contributed by atoms with Gasteiger partial charge >= 0.3 is 8.80 Å². The second-order valence-electron chi connectivity index (χ2n) is 9.04. The number of hydrogen-bond acceptors (Lipinski definition) is 7. The summed E-state index contributed by atoms with van der Waals surface area (Å²) in [5.41, 5.74) is 3.85. The van der Waals surface area contributed by atoms with E-state index in [0.29, 0.717) is 26.4 Å². The van der Waals surface area contributed by atoms with Gasteiger partial charge in [-0.3, -0.25) is 0 Å². The Kier molecular flexibility index (Phi) is 13.1. The molecule has 0 radical (unpaired) electrons. The van der Waals surface area contributed by atoms with Crippen LogP contribution in [0.1, 0.15) is 57.7 Å². The van der Waals surface area contributed by atoms with E-state index in [9.17, 15) is 0 Å². The van der Waals surface area contributed by atoms with Crippen molar-refractivity contribution >= 4 is 8.80 Å². The van der Waals surface area contributed by atoms with Crippen LogP contribution < -0.4 is 10.1 Å². The molecule has 0 spiro atoms. The molecule has 37 heavy (non-hydrogen) atoms. The first-order chi connectivity index (χ1) is 18.2. The molecule has 3 rings (SSSR count). The van der Waals surface area contributed by atoms with Gasteiger partial charge in [-0.25, -0.2) is 4.68 Å². The first kappa shape index (κ1) is 29.3. The number of benzene rings is 1. The minimum Gasteiger partial charge on any atom is -0.494 e. The van der Waals surface area contributed by atoms with Gasteiger partial charge in [0.15, 0.2) is 0 Å². The number of aryl methyl sites for hydroxylation is 2. The molecule has 0 fully saturated rings. The highest BCUT2D eigenvalue weighted by atomic mass is 28.4. The summed E-state index contributed by atoms with van der Waals surface area (Å²) in [7, 11) is -2.62. The zero-order valence-electron chi connectivity index (χ0n) is 22.8. The molecular weight excluding hydrogens is 484 g/mol. The smallest absolute Gasteiger partial charge is 0.494 e. The second kappa shape index (κ2) is 16.5. The topological polar surface area (TPSA) is 79.7 Å². The van der Waals surface area contributed by atoms with E-state index in [1.54, 1.807) is 0 Å². The van der Waals surface area contributed by atoms with Crippen LogP contribution >= 0.6 is 0 Å². The van der Waals surface area contributed by atoms with Crippen molar-refractivity contribution in [2.45, 2.75) is 72.0 Å². The zero-order valence-corrected chi connectivity index (χ0v) is 23.8. The summed E-state index contributed by atoms with van der Waals surface area (Å²) >= 11 is 0. The fourth-order valence-corrected chi connectivity index (χ4v) is 6.99. The third-order valence-electron chi connectivity index (χ3n) is 6.19. The van der Waals surface area contributed by atoms with Crippen molar-refractivity contribution in [3.63, 3.8) is 0 Å². The normalized spacial score (nSPS) is 13.3. The van der Waals surface area contributed by atoms with Crippen LogP contribution in [0.2, 0.25) is 6.04 Å². The molecule has 2 aromatic rings. The number of nitrogens with zero attached hydrogens (tertiary/aromatic N) is 3. The highest BCUT2D eigenvalue weighted by Crippen LogP contribution is 2.19. The van der Waals surface area contributed by atoms with Gasteiger partial charge in [0.25, 0.3) is 0 Å². The van der Waals surface area contributed by atoms with E-state index in [1.807, 2.05) is 31.6 Å². The summed E-state index contributed by atoms with van der Waals surface area (Å²) in [6, 6.07) is 9.16. The van der Waals surface area contributed by atoms with Crippen LogP contribution in [0, 0.1) is 0 Å². The first-order valence-corrected chi connectivity index (χ1v) is 15.7. The lowest BCUT2D eigenvalue weighted by molar-refractivity contribution is 0.0704. The first-order valence-electron chi connectivity index (χ1n) is 13.7. The largest absolute Gasteiger partial charge is 0.500 e. The molecule has 1 aliphatic carbocycles. The predicted octanol–water partition coefficient (Wildman–Crippen LogP) is 5.09. The van der Waals surface area contributed by atoms with Crippen molar-refractivity contribution in [2.24, 2.45) is 0 Å². The van der Waals surface area contributed by atoms with E-state index in [0.717, 1.165) is 69.2 Å². The van der Waals surface area contributed by atoms with Gasteiger partial charge in [0.1, 0.15) is 5.75 Å². The summed E-state index contributed by atoms with van der Waals surface area (Å²) in [5.74, 6) is 0.920. The molecule has 1 N–H and O–H groups in total. The highest BCUT2D eigenvalue weighted by Gasteiger charge is 2.39. The van der Waals surface area contributed by atoms with Gasteiger partial charge in [-0.15, -0.1) is 5.10 Å². The number of rotatable bonds is 20. The number of allylic oxidation sites excluding steroid dienone is 3. The standard InChI is InChI=1S/C28H44N4O4Si/c1-4-34-37(35-5-2,36-6-3)21-11-19-32-27(24-30-31-32)14-9-10-20-33-28-17-15-26(16-18-28)23-29-22-25-12-7-8-13-25/h7-8,12,15-18,24,29H,4-6,9-11,13-14,19-23H2,1-3H3. The van der Waals surface area contributed by atoms with E-state index >= 15 is 0 Å². The van der Waals surface area contributed by atoms with E-state index in [1.165, 1.54) is 11.1 Å². The number of nitrogens with one attached hydrogen (secondary N) is 1. The third kappa shape index (κ3) is 10.2. The minimum absolute atomic E-state index is 0.598. The molecule has 0 unspecified atom stereocenters. The lowest BCUT2D eigenvalue weighted by atomic mass is 10.2. The van der Waals surface area contributed by atoms with Gasteiger partial charge in [0.2, 0.25) is 0 Å². The summed E-state index contributed by atoms with van der Waals surface area (Å²) in [6.45, 7) is 11.0. The number of unbranched alkanes of at least 4 members (excludes halogenated alkanes) is 1. The maximum absolute atomic E-state index is 5.96. The lowest BCUT2D eigenvalue weighted by Crippen LogP contribution is -2.46. The maximum atomic E-state index is 5.96. The molecule has 1 aromatic heterocycles. The van der Waals surface area contributed by atoms with Crippen molar-refractivity contribution in [1.82, 2.24) is 20.3 Å². The van der Waals surface area contributed by atoms with Crippen molar-refractivity contribution in [3.05, 3.63) is 65.5 Å². The third-order valence-corrected chi connectivity index (χ3v) is 9.34. The maximum Gasteiger partial charge on any atom is 0.500 e. The molecule has 8 nitrogen and oxygen atoms in total. The summed E-state index contributed by atoms with van der Waals surface area (Å²) in [4.78, 5) is 0. The van der Waals surface area contributed by atoms with Crippen molar-refractivity contribution in [2.75, 3.05) is 33.0 Å². The second-order valence-corrected chi connectivity index (χ2v) is 11.8. The van der Waals surface area contributed by atoms with Crippen molar-refractivity contribution in [3.8, 4) is 5.75 Å². The fourth-order valence-electron chi connectivity index (χ4n) is 4.40. The van der Waals surface area contributed by atoms with Gasteiger partial charge in [-0.1, -0.05) is 41.1 Å². The molecule has 0 saturated heterocycles. The van der Waals surface area contributed by atoms with Crippen LogP contribution in [-0.2, 0) is 32.8 Å². The Morgan fingerprint density at radius 2 is 1.70 bits per heavy atom. The Labute approximate surface area is 223 Å². The number of ether oxygens (including phenoxy) is 1. The Morgan fingerprint density at radius 3 is 2.38 bits per heavy atom. The molecule has 204 valence electrons. The molecular formula is C28H44N4O4Si. The number of aromatic nitrogens is 3. The fraction of sp³-hybridized carbons (Fsp3) is 0.571. The molecule has 0 saturated carbocycles. The lowest BCUT2D eigenvalue weighted by Gasteiger charge is -2.28. The Morgan fingerprint density at radius 1 is 0.946 bits per heavy atom. The zero-order chi connectivity index (χ0) is 26.2. The molecule has 0 amide bonds. The van der Waals surface area contributed by atoms with Crippen LogP contribution in [0.5, 0.6) is 5.75 Å². The van der Waals surface area contributed by atoms with Crippen molar-refractivity contribution in [1.29, 1.82) is 0 Å². The van der Waals surface area contributed by atoms with Gasteiger partial charge in [-0.2, -0.15) is 0 Å². The van der Waals surface area contributed by atoms with Crippen LogP contribution in [0.3, 0.4) is 0 Å². The summed E-state index contributed by atoms with van der Waals surface area (Å²) in [5, 5.41) is 11.9. The SMILES string of the molecule is CCO[Si](CCCn1nncc1CCCCOc1ccc(CNCC2=CC=CC2)cc1)(OCC)OCC. The Hall–Kier alpha value is -2.30. The summed E-state index contributed by atoms with van der Waals surface area (Å²) < 4.78 is 25.8. The average molecular weight is 529 g/mol. The van der Waals surface area contributed by atoms with Gasteiger partial charge < -0.3 is 23.3 Å². The van der Waals surface area contributed by atoms with E-state index in [-0.39, 0.29) is 0 Å².